The quantitative estimate of drug-likeness (QED) is 0.585. The van der Waals surface area contributed by atoms with Crippen LogP contribution < -0.4 is 21.3 Å². The summed E-state index contributed by atoms with van der Waals surface area (Å²) in [4.78, 5) is 35.7. The van der Waals surface area contributed by atoms with Crippen molar-refractivity contribution < 1.29 is 14.4 Å². The Balaban J connectivity index is 1.60. The molecule has 2 saturated carbocycles. The maximum Gasteiger partial charge on any atom is 0.315 e. The zero-order chi connectivity index (χ0) is 17.4. The van der Waals surface area contributed by atoms with Crippen LogP contribution in [-0.2, 0) is 9.59 Å². The molecule has 2 aliphatic carbocycles. The van der Waals surface area contributed by atoms with E-state index in [0.717, 1.165) is 51.4 Å². The van der Waals surface area contributed by atoms with Gasteiger partial charge in [-0.25, -0.2) is 4.79 Å². The molecule has 0 aromatic carbocycles. The molecule has 4 N–H and O–H groups in total. The Hall–Kier alpha value is -1.79. The molecule has 0 aliphatic heterocycles. The lowest BCUT2D eigenvalue weighted by molar-refractivity contribution is -0.128. The Kier molecular flexibility index (Phi) is 7.34. The van der Waals surface area contributed by atoms with E-state index in [0.29, 0.717) is 0 Å². The highest BCUT2D eigenvalue weighted by atomic mass is 16.2. The van der Waals surface area contributed by atoms with E-state index in [9.17, 15) is 14.4 Å². The van der Waals surface area contributed by atoms with Crippen LogP contribution in [0.3, 0.4) is 0 Å². The lowest BCUT2D eigenvalue weighted by atomic mass is 9.96. The van der Waals surface area contributed by atoms with Crippen LogP contribution in [0.1, 0.15) is 64.7 Å². The third-order valence-corrected chi connectivity index (χ3v) is 4.82. The van der Waals surface area contributed by atoms with Gasteiger partial charge in [0, 0.05) is 12.1 Å². The molecular formula is C17H30N4O3. The van der Waals surface area contributed by atoms with Gasteiger partial charge in [0.25, 0.3) is 0 Å². The summed E-state index contributed by atoms with van der Waals surface area (Å²) in [7, 11) is 0. The molecule has 2 aliphatic rings. The Morgan fingerprint density at radius 3 is 2.04 bits per heavy atom. The molecule has 1 unspecified atom stereocenters. The van der Waals surface area contributed by atoms with E-state index < -0.39 is 6.04 Å². The molecule has 24 heavy (non-hydrogen) atoms. The second-order valence-electron chi connectivity index (χ2n) is 6.94. The van der Waals surface area contributed by atoms with Gasteiger partial charge < -0.3 is 21.3 Å². The van der Waals surface area contributed by atoms with Crippen LogP contribution in [0.15, 0.2) is 0 Å². The van der Waals surface area contributed by atoms with E-state index in [1.165, 1.54) is 6.42 Å². The molecule has 0 radical (unpaired) electrons. The Bertz CT molecular complexity index is 443. The Labute approximate surface area is 143 Å². The fourth-order valence-corrected chi connectivity index (χ4v) is 3.40. The Morgan fingerprint density at radius 2 is 1.42 bits per heavy atom. The van der Waals surface area contributed by atoms with Gasteiger partial charge in [-0.15, -0.1) is 0 Å². The first-order valence-electron chi connectivity index (χ1n) is 9.18. The normalized spacial score (nSPS) is 20.2. The molecule has 1 atom stereocenters. The number of carbonyl (C=O) groups is 3. The first-order chi connectivity index (χ1) is 11.5. The first kappa shape index (κ1) is 18.5. The highest BCUT2D eigenvalue weighted by molar-refractivity contribution is 5.89. The van der Waals surface area contributed by atoms with Crippen LogP contribution in [0.5, 0.6) is 0 Å². The summed E-state index contributed by atoms with van der Waals surface area (Å²) in [5, 5.41) is 11.0. The lowest BCUT2D eigenvalue weighted by Gasteiger charge is -2.23. The van der Waals surface area contributed by atoms with E-state index >= 15 is 0 Å². The van der Waals surface area contributed by atoms with Gasteiger partial charge in [-0.05, 0) is 32.6 Å². The van der Waals surface area contributed by atoms with Crippen LogP contribution in [-0.4, -0.2) is 42.5 Å². The highest BCUT2D eigenvalue weighted by Crippen LogP contribution is 2.18. The van der Waals surface area contributed by atoms with E-state index in [1.807, 2.05) is 0 Å². The molecule has 0 aromatic rings. The van der Waals surface area contributed by atoms with Crippen molar-refractivity contribution in [2.45, 2.75) is 82.8 Å². The summed E-state index contributed by atoms with van der Waals surface area (Å²) in [5.41, 5.74) is 0. The summed E-state index contributed by atoms with van der Waals surface area (Å²) in [6.07, 6.45) is 9.80. The van der Waals surface area contributed by atoms with Crippen LogP contribution in [0.2, 0.25) is 0 Å². The summed E-state index contributed by atoms with van der Waals surface area (Å²) in [6, 6.07) is -0.476. The molecular weight excluding hydrogens is 308 g/mol. The number of rotatable bonds is 6. The number of nitrogens with one attached hydrogen (secondary N) is 4. The van der Waals surface area contributed by atoms with E-state index in [-0.39, 0.29) is 36.5 Å². The van der Waals surface area contributed by atoms with Crippen molar-refractivity contribution in [2.24, 2.45) is 0 Å². The second kappa shape index (κ2) is 9.49. The van der Waals surface area contributed by atoms with Crippen molar-refractivity contribution in [2.75, 3.05) is 6.54 Å². The second-order valence-corrected chi connectivity index (χ2v) is 6.94. The minimum absolute atomic E-state index is 0.125. The van der Waals surface area contributed by atoms with Crippen molar-refractivity contribution in [3.63, 3.8) is 0 Å². The third-order valence-electron chi connectivity index (χ3n) is 4.82. The van der Waals surface area contributed by atoms with Gasteiger partial charge >= 0.3 is 6.03 Å². The largest absolute Gasteiger partial charge is 0.352 e. The van der Waals surface area contributed by atoms with E-state index in [2.05, 4.69) is 21.3 Å². The molecule has 136 valence electrons. The SMILES string of the molecule is CC(NC(=O)CNC(=O)NC1CCCCC1)C(=O)NC1CCCC1. The number of hydrogen-bond donors (Lipinski definition) is 4. The summed E-state index contributed by atoms with van der Waals surface area (Å²) < 4.78 is 0. The van der Waals surface area contributed by atoms with Gasteiger partial charge in [0.2, 0.25) is 11.8 Å². The molecule has 0 saturated heterocycles. The summed E-state index contributed by atoms with van der Waals surface area (Å²) in [6.45, 7) is 1.53. The number of amides is 4. The van der Waals surface area contributed by atoms with Crippen LogP contribution in [0.25, 0.3) is 0 Å². The number of carbonyl (C=O) groups excluding carboxylic acids is 3. The smallest absolute Gasteiger partial charge is 0.315 e. The van der Waals surface area contributed by atoms with Gasteiger partial charge in [-0.2, -0.15) is 0 Å². The highest BCUT2D eigenvalue weighted by Gasteiger charge is 2.22. The fourth-order valence-electron chi connectivity index (χ4n) is 3.40. The van der Waals surface area contributed by atoms with Crippen LogP contribution in [0.4, 0.5) is 4.79 Å². The third kappa shape index (κ3) is 6.37. The minimum atomic E-state index is -0.596. The molecule has 0 spiro atoms. The number of hydrogen-bond acceptors (Lipinski definition) is 3. The summed E-state index contributed by atoms with van der Waals surface area (Å²) in [5.74, 6) is -0.523. The zero-order valence-corrected chi connectivity index (χ0v) is 14.5. The first-order valence-corrected chi connectivity index (χ1v) is 9.18. The van der Waals surface area contributed by atoms with Gasteiger partial charge in [0.1, 0.15) is 6.04 Å². The number of urea groups is 1. The van der Waals surface area contributed by atoms with Gasteiger partial charge in [0.15, 0.2) is 0 Å². The average molecular weight is 338 g/mol. The average Bonchev–Trinajstić information content (AvgIpc) is 3.07. The van der Waals surface area contributed by atoms with Gasteiger partial charge in [0.05, 0.1) is 6.54 Å². The van der Waals surface area contributed by atoms with Crippen LogP contribution >= 0.6 is 0 Å². The standard InChI is InChI=1S/C17H30N4O3/c1-12(16(23)20-13-9-5-6-10-13)19-15(22)11-18-17(24)21-14-7-3-2-4-8-14/h12-14H,2-11H2,1H3,(H,19,22)(H,20,23)(H2,18,21,24). The molecule has 2 rings (SSSR count). The zero-order valence-electron chi connectivity index (χ0n) is 14.5. The van der Waals surface area contributed by atoms with Crippen molar-refractivity contribution >= 4 is 17.8 Å². The van der Waals surface area contributed by atoms with Crippen molar-refractivity contribution in [3.05, 3.63) is 0 Å². The predicted octanol–water partition coefficient (Wildman–Crippen LogP) is 1.18. The predicted molar refractivity (Wildman–Crippen MR) is 91.4 cm³/mol. The molecule has 2 fully saturated rings. The molecule has 0 heterocycles. The topological polar surface area (TPSA) is 99.3 Å². The Morgan fingerprint density at radius 1 is 0.875 bits per heavy atom. The fraction of sp³-hybridized carbons (Fsp3) is 0.824. The molecule has 4 amide bonds. The summed E-state index contributed by atoms with van der Waals surface area (Å²) >= 11 is 0. The minimum Gasteiger partial charge on any atom is -0.352 e. The van der Waals surface area contributed by atoms with Gasteiger partial charge in [-0.1, -0.05) is 32.1 Å². The maximum absolute atomic E-state index is 12.0. The molecule has 7 heteroatoms. The van der Waals surface area contributed by atoms with E-state index in [4.69, 9.17) is 0 Å². The van der Waals surface area contributed by atoms with Crippen molar-refractivity contribution in [1.29, 1.82) is 0 Å². The van der Waals surface area contributed by atoms with Crippen molar-refractivity contribution in [3.8, 4) is 0 Å². The van der Waals surface area contributed by atoms with Gasteiger partial charge in [-0.3, -0.25) is 9.59 Å². The molecule has 7 nitrogen and oxygen atoms in total. The van der Waals surface area contributed by atoms with E-state index in [1.54, 1.807) is 6.92 Å². The maximum atomic E-state index is 12.0. The molecule has 0 bridgehead atoms. The monoisotopic (exact) mass is 338 g/mol. The van der Waals surface area contributed by atoms with Crippen molar-refractivity contribution in [1.82, 2.24) is 21.3 Å². The van der Waals surface area contributed by atoms with Crippen LogP contribution in [0, 0.1) is 0 Å². The lowest BCUT2D eigenvalue weighted by Crippen LogP contribution is -2.51. The molecule has 0 aromatic heterocycles.